The molecule has 0 aliphatic heterocycles. The maximum absolute atomic E-state index is 3.58. The van der Waals surface area contributed by atoms with Crippen LogP contribution in [0, 0.1) is 13.8 Å². The topological polar surface area (TPSA) is 12.0 Å². The van der Waals surface area contributed by atoms with E-state index in [-0.39, 0.29) is 6.04 Å². The predicted molar refractivity (Wildman–Crippen MR) is 85.6 cm³/mol. The molecule has 0 aliphatic rings. The molecule has 0 fully saturated rings. The molecule has 1 N–H and O–H groups in total. The van der Waals surface area contributed by atoms with E-state index >= 15 is 0 Å². The molecule has 2 heteroatoms. The van der Waals surface area contributed by atoms with E-state index in [0.717, 1.165) is 11.0 Å². The van der Waals surface area contributed by atoms with Crippen molar-refractivity contribution in [2.45, 2.75) is 26.8 Å². The fourth-order valence-corrected chi connectivity index (χ4v) is 2.67. The van der Waals surface area contributed by atoms with Crippen molar-refractivity contribution in [1.29, 1.82) is 0 Å². The lowest BCUT2D eigenvalue weighted by molar-refractivity contribution is 0.627. The van der Waals surface area contributed by atoms with Gasteiger partial charge in [-0.2, -0.15) is 0 Å². The van der Waals surface area contributed by atoms with Crippen LogP contribution in [0.4, 0.5) is 0 Å². The fraction of sp³-hybridized carbons (Fsp3) is 0.294. The molecule has 0 spiro atoms. The molecule has 0 amide bonds. The molecule has 2 aromatic carbocycles. The van der Waals surface area contributed by atoms with Crippen LogP contribution in [-0.4, -0.2) is 6.54 Å². The standard InChI is InChI=1S/C17H20BrN/c1-4-19-17(14-8-5-12(2)6-9-14)16-11-15(18)10-7-13(16)3/h5-11,17,19H,4H2,1-3H3. The van der Waals surface area contributed by atoms with E-state index in [9.17, 15) is 0 Å². The first kappa shape index (κ1) is 14.3. The predicted octanol–water partition coefficient (Wildman–Crippen LogP) is 4.76. The second-order valence-corrected chi connectivity index (χ2v) is 5.82. The Morgan fingerprint density at radius 1 is 1.05 bits per heavy atom. The maximum Gasteiger partial charge on any atom is 0.0579 e. The van der Waals surface area contributed by atoms with Gasteiger partial charge in [-0.25, -0.2) is 0 Å². The molecule has 0 bridgehead atoms. The molecule has 1 unspecified atom stereocenters. The zero-order chi connectivity index (χ0) is 13.8. The number of hydrogen-bond donors (Lipinski definition) is 1. The first-order valence-electron chi connectivity index (χ1n) is 6.68. The highest BCUT2D eigenvalue weighted by atomic mass is 79.9. The van der Waals surface area contributed by atoms with Crippen LogP contribution in [0.15, 0.2) is 46.9 Å². The van der Waals surface area contributed by atoms with Crippen molar-refractivity contribution < 1.29 is 0 Å². The first-order valence-corrected chi connectivity index (χ1v) is 7.47. The average molecular weight is 318 g/mol. The molecule has 0 saturated carbocycles. The Morgan fingerprint density at radius 3 is 2.37 bits per heavy atom. The van der Waals surface area contributed by atoms with E-state index in [2.05, 4.69) is 84.5 Å². The van der Waals surface area contributed by atoms with Gasteiger partial charge in [0.15, 0.2) is 0 Å². The number of aryl methyl sites for hydroxylation is 2. The largest absolute Gasteiger partial charge is 0.307 e. The van der Waals surface area contributed by atoms with E-state index in [4.69, 9.17) is 0 Å². The summed E-state index contributed by atoms with van der Waals surface area (Å²) in [7, 11) is 0. The van der Waals surface area contributed by atoms with Gasteiger partial charge in [0.1, 0.15) is 0 Å². The van der Waals surface area contributed by atoms with Gasteiger partial charge in [0, 0.05) is 4.47 Å². The molecule has 100 valence electrons. The molecule has 1 nitrogen and oxygen atoms in total. The Labute approximate surface area is 124 Å². The van der Waals surface area contributed by atoms with Gasteiger partial charge in [0.2, 0.25) is 0 Å². The zero-order valence-corrected chi connectivity index (χ0v) is 13.3. The molecule has 0 saturated heterocycles. The van der Waals surface area contributed by atoms with Crippen LogP contribution in [0.25, 0.3) is 0 Å². The van der Waals surface area contributed by atoms with Gasteiger partial charge in [-0.05, 0) is 49.2 Å². The molecular weight excluding hydrogens is 298 g/mol. The average Bonchev–Trinajstić information content (AvgIpc) is 2.40. The van der Waals surface area contributed by atoms with E-state index in [1.807, 2.05) is 0 Å². The molecule has 1 atom stereocenters. The third-order valence-corrected chi connectivity index (χ3v) is 3.86. The number of rotatable bonds is 4. The Morgan fingerprint density at radius 2 is 1.74 bits per heavy atom. The van der Waals surface area contributed by atoms with Crippen molar-refractivity contribution in [3.8, 4) is 0 Å². The Hall–Kier alpha value is -1.12. The summed E-state index contributed by atoms with van der Waals surface area (Å²) in [6.45, 7) is 7.38. The third kappa shape index (κ3) is 3.46. The highest BCUT2D eigenvalue weighted by molar-refractivity contribution is 9.10. The Bertz CT molecular complexity index is 546. The van der Waals surface area contributed by atoms with Crippen LogP contribution in [0.2, 0.25) is 0 Å². The van der Waals surface area contributed by atoms with Crippen LogP contribution in [0.3, 0.4) is 0 Å². The first-order chi connectivity index (χ1) is 9.11. The van der Waals surface area contributed by atoms with Gasteiger partial charge < -0.3 is 5.32 Å². The van der Waals surface area contributed by atoms with Crippen molar-refractivity contribution in [2.24, 2.45) is 0 Å². The second kappa shape index (κ2) is 6.36. The summed E-state index contributed by atoms with van der Waals surface area (Å²) in [6.07, 6.45) is 0. The third-order valence-electron chi connectivity index (χ3n) is 3.37. The lowest BCUT2D eigenvalue weighted by atomic mass is 9.94. The monoisotopic (exact) mass is 317 g/mol. The number of benzene rings is 2. The summed E-state index contributed by atoms with van der Waals surface area (Å²) in [6, 6.07) is 15.5. The molecule has 19 heavy (non-hydrogen) atoms. The van der Waals surface area contributed by atoms with Gasteiger partial charge in [-0.15, -0.1) is 0 Å². The van der Waals surface area contributed by atoms with Crippen molar-refractivity contribution in [3.05, 3.63) is 69.2 Å². The Balaban J connectivity index is 2.44. The van der Waals surface area contributed by atoms with Gasteiger partial charge in [-0.1, -0.05) is 58.7 Å². The minimum absolute atomic E-state index is 0.253. The van der Waals surface area contributed by atoms with Crippen LogP contribution in [-0.2, 0) is 0 Å². The molecule has 0 radical (unpaired) electrons. The normalized spacial score (nSPS) is 12.4. The van der Waals surface area contributed by atoms with Gasteiger partial charge in [-0.3, -0.25) is 0 Å². The van der Waals surface area contributed by atoms with Crippen LogP contribution < -0.4 is 5.32 Å². The number of hydrogen-bond acceptors (Lipinski definition) is 1. The maximum atomic E-state index is 3.58. The Kier molecular flexibility index (Phi) is 4.78. The summed E-state index contributed by atoms with van der Waals surface area (Å²) in [5.74, 6) is 0. The summed E-state index contributed by atoms with van der Waals surface area (Å²) >= 11 is 3.57. The minimum atomic E-state index is 0.253. The number of halogens is 1. The van der Waals surface area contributed by atoms with Gasteiger partial charge >= 0.3 is 0 Å². The van der Waals surface area contributed by atoms with Gasteiger partial charge in [0.05, 0.1) is 6.04 Å². The zero-order valence-electron chi connectivity index (χ0n) is 11.7. The van der Waals surface area contributed by atoms with Crippen molar-refractivity contribution >= 4 is 15.9 Å². The highest BCUT2D eigenvalue weighted by Crippen LogP contribution is 2.27. The fourth-order valence-electron chi connectivity index (χ4n) is 2.29. The quantitative estimate of drug-likeness (QED) is 0.856. The van der Waals surface area contributed by atoms with E-state index < -0.39 is 0 Å². The smallest absolute Gasteiger partial charge is 0.0579 e. The molecule has 2 aromatic rings. The van der Waals surface area contributed by atoms with Crippen molar-refractivity contribution in [1.82, 2.24) is 5.32 Å². The second-order valence-electron chi connectivity index (χ2n) is 4.90. The lowest BCUT2D eigenvalue weighted by Crippen LogP contribution is -2.22. The summed E-state index contributed by atoms with van der Waals surface area (Å²) in [5.41, 5.74) is 5.26. The van der Waals surface area contributed by atoms with Crippen LogP contribution >= 0.6 is 15.9 Å². The number of nitrogens with one attached hydrogen (secondary N) is 1. The van der Waals surface area contributed by atoms with Crippen LogP contribution in [0.1, 0.15) is 35.2 Å². The lowest BCUT2D eigenvalue weighted by Gasteiger charge is -2.21. The van der Waals surface area contributed by atoms with Gasteiger partial charge in [0.25, 0.3) is 0 Å². The SMILES string of the molecule is CCNC(c1ccc(C)cc1)c1cc(Br)ccc1C. The van der Waals surface area contributed by atoms with Crippen molar-refractivity contribution in [3.63, 3.8) is 0 Å². The molecule has 0 heterocycles. The molecule has 0 aliphatic carbocycles. The van der Waals surface area contributed by atoms with Crippen LogP contribution in [0.5, 0.6) is 0 Å². The molecule has 2 rings (SSSR count). The van der Waals surface area contributed by atoms with E-state index in [1.165, 1.54) is 22.3 Å². The summed E-state index contributed by atoms with van der Waals surface area (Å²) in [4.78, 5) is 0. The molecular formula is C17H20BrN. The summed E-state index contributed by atoms with van der Waals surface area (Å²) < 4.78 is 1.13. The van der Waals surface area contributed by atoms with E-state index in [0.29, 0.717) is 0 Å². The minimum Gasteiger partial charge on any atom is -0.307 e. The highest BCUT2D eigenvalue weighted by Gasteiger charge is 2.15. The van der Waals surface area contributed by atoms with Crippen molar-refractivity contribution in [2.75, 3.05) is 6.54 Å². The summed E-state index contributed by atoms with van der Waals surface area (Å²) in [5, 5.41) is 3.58. The molecule has 0 aromatic heterocycles. The van der Waals surface area contributed by atoms with E-state index in [1.54, 1.807) is 0 Å².